The largest absolute Gasteiger partial charge is 0.477 e. The van der Waals surface area contributed by atoms with Gasteiger partial charge in [0.25, 0.3) is 5.91 Å². The number of hydrogen-bond acceptors (Lipinski definition) is 4. The van der Waals surface area contributed by atoms with E-state index in [0.717, 1.165) is 5.69 Å². The van der Waals surface area contributed by atoms with Gasteiger partial charge in [0.1, 0.15) is 0 Å². The number of nitrogens with zero attached hydrogens (tertiary/aromatic N) is 2. The van der Waals surface area contributed by atoms with Crippen molar-refractivity contribution in [3.05, 3.63) is 47.8 Å². The highest BCUT2D eigenvalue weighted by molar-refractivity contribution is 6.02. The minimum Gasteiger partial charge on any atom is -0.477 e. The van der Waals surface area contributed by atoms with Gasteiger partial charge in [-0.3, -0.25) is 9.78 Å². The van der Waals surface area contributed by atoms with Crippen LogP contribution in [0.5, 0.6) is 0 Å². The Morgan fingerprint density at radius 1 is 1.32 bits per heavy atom. The maximum Gasteiger partial charge on any atom is 0.354 e. The van der Waals surface area contributed by atoms with Crippen LogP contribution in [0.4, 0.5) is 0 Å². The molecule has 1 amide bonds. The molecule has 98 valence electrons. The van der Waals surface area contributed by atoms with Crippen molar-refractivity contribution in [3.63, 3.8) is 0 Å². The molecule has 3 N–H and O–H groups in total. The van der Waals surface area contributed by atoms with Gasteiger partial charge < -0.3 is 15.4 Å². The number of hydrogen-bond donors (Lipinski definition) is 3. The summed E-state index contributed by atoms with van der Waals surface area (Å²) in [4.78, 5) is 32.8. The zero-order valence-electron chi connectivity index (χ0n) is 9.96. The fourth-order valence-electron chi connectivity index (χ4n) is 1.56. The van der Waals surface area contributed by atoms with Crippen molar-refractivity contribution in [1.29, 1.82) is 0 Å². The Kier molecular flexibility index (Phi) is 3.87. The molecule has 2 aromatic rings. The summed E-state index contributed by atoms with van der Waals surface area (Å²) in [6, 6.07) is 5.52. The fourth-order valence-corrected chi connectivity index (χ4v) is 1.56. The number of carboxylic acid groups (broad SMARTS) is 1. The summed E-state index contributed by atoms with van der Waals surface area (Å²) in [5, 5.41) is 11.4. The number of imidazole rings is 1. The monoisotopic (exact) mass is 260 g/mol. The molecule has 7 nitrogen and oxygen atoms in total. The van der Waals surface area contributed by atoms with E-state index in [-0.39, 0.29) is 11.4 Å². The van der Waals surface area contributed by atoms with Crippen molar-refractivity contribution < 1.29 is 14.7 Å². The molecular weight excluding hydrogens is 248 g/mol. The van der Waals surface area contributed by atoms with Crippen LogP contribution in [0.25, 0.3) is 0 Å². The van der Waals surface area contributed by atoms with Gasteiger partial charge in [0.2, 0.25) is 0 Å². The second-order valence-corrected chi connectivity index (χ2v) is 3.76. The Morgan fingerprint density at radius 2 is 2.16 bits per heavy atom. The number of aromatic amines is 1. The number of pyridine rings is 1. The van der Waals surface area contributed by atoms with Crippen LogP contribution in [-0.4, -0.2) is 38.5 Å². The van der Waals surface area contributed by atoms with Gasteiger partial charge in [-0.15, -0.1) is 0 Å². The van der Waals surface area contributed by atoms with Gasteiger partial charge in [-0.05, 0) is 12.1 Å². The molecule has 2 rings (SSSR count). The highest BCUT2D eigenvalue weighted by Gasteiger charge is 2.18. The predicted molar refractivity (Wildman–Crippen MR) is 65.8 cm³/mol. The van der Waals surface area contributed by atoms with Gasteiger partial charge in [-0.2, -0.15) is 0 Å². The molecule has 0 saturated carbocycles. The summed E-state index contributed by atoms with van der Waals surface area (Å²) < 4.78 is 0. The summed E-state index contributed by atoms with van der Waals surface area (Å²) in [5.74, 6) is -1.73. The van der Waals surface area contributed by atoms with Crippen LogP contribution in [-0.2, 0) is 6.42 Å². The molecule has 0 aliphatic heterocycles. The summed E-state index contributed by atoms with van der Waals surface area (Å²) in [5.41, 5.74) is 0.521. The van der Waals surface area contributed by atoms with E-state index in [1.54, 1.807) is 6.20 Å². The number of H-pyrrole nitrogens is 1. The maximum atomic E-state index is 11.7. The number of rotatable bonds is 5. The third-order valence-corrected chi connectivity index (χ3v) is 2.46. The van der Waals surface area contributed by atoms with Crippen LogP contribution in [0.1, 0.15) is 26.7 Å². The van der Waals surface area contributed by atoms with Crippen LogP contribution in [0.2, 0.25) is 0 Å². The highest BCUT2D eigenvalue weighted by Crippen LogP contribution is 2.02. The third-order valence-electron chi connectivity index (χ3n) is 2.46. The van der Waals surface area contributed by atoms with Crippen molar-refractivity contribution >= 4 is 11.9 Å². The molecule has 2 heterocycles. The molecule has 0 unspecified atom stereocenters. The van der Waals surface area contributed by atoms with E-state index in [0.29, 0.717) is 13.0 Å². The molecule has 0 saturated heterocycles. The van der Waals surface area contributed by atoms with Gasteiger partial charge in [0, 0.05) is 24.9 Å². The molecule has 0 aliphatic carbocycles. The van der Waals surface area contributed by atoms with Crippen LogP contribution in [0.15, 0.2) is 30.7 Å². The number of aromatic carboxylic acids is 1. The van der Waals surface area contributed by atoms with Gasteiger partial charge in [-0.25, -0.2) is 9.78 Å². The van der Waals surface area contributed by atoms with Gasteiger partial charge in [0.05, 0.1) is 6.33 Å². The van der Waals surface area contributed by atoms with E-state index < -0.39 is 11.9 Å². The number of amides is 1. The fraction of sp³-hybridized carbons (Fsp3) is 0.167. The number of carboxylic acids is 1. The molecule has 0 radical (unpaired) electrons. The molecule has 0 aliphatic rings. The second-order valence-electron chi connectivity index (χ2n) is 3.76. The van der Waals surface area contributed by atoms with Crippen molar-refractivity contribution in [1.82, 2.24) is 20.3 Å². The van der Waals surface area contributed by atoms with Gasteiger partial charge >= 0.3 is 5.97 Å². The van der Waals surface area contributed by atoms with Gasteiger partial charge in [0.15, 0.2) is 11.4 Å². The van der Waals surface area contributed by atoms with E-state index in [4.69, 9.17) is 5.11 Å². The number of carbonyl (C=O) groups is 2. The van der Waals surface area contributed by atoms with Crippen molar-refractivity contribution in [2.75, 3.05) is 6.54 Å². The lowest BCUT2D eigenvalue weighted by molar-refractivity contribution is 0.0685. The molecular formula is C12H12N4O3. The Morgan fingerprint density at radius 3 is 2.84 bits per heavy atom. The Bertz CT molecular complexity index is 580. The van der Waals surface area contributed by atoms with E-state index >= 15 is 0 Å². The minimum atomic E-state index is -1.22. The Labute approximate surface area is 108 Å². The second kappa shape index (κ2) is 5.76. The highest BCUT2D eigenvalue weighted by atomic mass is 16.4. The molecule has 0 aromatic carbocycles. The first kappa shape index (κ1) is 12.7. The molecule has 7 heteroatoms. The molecule has 19 heavy (non-hydrogen) atoms. The Hall–Kier alpha value is -2.70. The van der Waals surface area contributed by atoms with E-state index in [2.05, 4.69) is 20.3 Å². The number of aromatic nitrogens is 3. The topological polar surface area (TPSA) is 108 Å². The molecule has 0 spiro atoms. The predicted octanol–water partition coefficient (Wildman–Crippen LogP) is 0.475. The van der Waals surface area contributed by atoms with Crippen molar-refractivity contribution in [2.24, 2.45) is 0 Å². The molecule has 0 atom stereocenters. The lowest BCUT2D eigenvalue weighted by atomic mass is 10.2. The quantitative estimate of drug-likeness (QED) is 0.724. The number of nitrogens with one attached hydrogen (secondary N) is 2. The first-order valence-corrected chi connectivity index (χ1v) is 5.63. The molecule has 0 bridgehead atoms. The van der Waals surface area contributed by atoms with E-state index in [1.807, 2.05) is 18.2 Å². The minimum absolute atomic E-state index is 0.117. The maximum absolute atomic E-state index is 11.7. The van der Waals surface area contributed by atoms with Crippen LogP contribution >= 0.6 is 0 Å². The summed E-state index contributed by atoms with van der Waals surface area (Å²) in [7, 11) is 0. The molecule has 0 fully saturated rings. The first-order valence-electron chi connectivity index (χ1n) is 5.63. The third kappa shape index (κ3) is 3.15. The van der Waals surface area contributed by atoms with Crippen molar-refractivity contribution in [2.45, 2.75) is 6.42 Å². The summed E-state index contributed by atoms with van der Waals surface area (Å²) in [6.07, 6.45) is 3.42. The Balaban J connectivity index is 1.91. The van der Waals surface area contributed by atoms with E-state index in [9.17, 15) is 9.59 Å². The van der Waals surface area contributed by atoms with E-state index in [1.165, 1.54) is 6.33 Å². The average Bonchev–Trinajstić information content (AvgIpc) is 2.89. The summed E-state index contributed by atoms with van der Waals surface area (Å²) >= 11 is 0. The SMILES string of the molecule is O=C(NCCc1ccccn1)c1nc[nH]c1C(=O)O. The lowest BCUT2D eigenvalue weighted by Gasteiger charge is -2.03. The smallest absolute Gasteiger partial charge is 0.354 e. The summed E-state index contributed by atoms with van der Waals surface area (Å²) in [6.45, 7) is 0.363. The van der Waals surface area contributed by atoms with Crippen molar-refractivity contribution in [3.8, 4) is 0 Å². The standard InChI is InChI=1S/C12H12N4O3/c17-11(9-10(12(18)19)16-7-15-9)14-6-4-8-3-1-2-5-13-8/h1-3,5,7H,4,6H2,(H,14,17)(H,15,16)(H,18,19). The molecule has 2 aromatic heterocycles. The first-order chi connectivity index (χ1) is 9.18. The lowest BCUT2D eigenvalue weighted by Crippen LogP contribution is -2.27. The zero-order valence-corrected chi connectivity index (χ0v) is 9.96. The van der Waals surface area contributed by atoms with Crippen LogP contribution < -0.4 is 5.32 Å². The number of carbonyl (C=O) groups excluding carboxylic acids is 1. The van der Waals surface area contributed by atoms with Crippen LogP contribution in [0.3, 0.4) is 0 Å². The van der Waals surface area contributed by atoms with Gasteiger partial charge in [-0.1, -0.05) is 6.07 Å². The average molecular weight is 260 g/mol. The zero-order chi connectivity index (χ0) is 13.7. The normalized spacial score (nSPS) is 10.1. The van der Waals surface area contributed by atoms with Crippen LogP contribution in [0, 0.1) is 0 Å².